The van der Waals surface area contributed by atoms with Gasteiger partial charge in [-0.25, -0.2) is 5.43 Å². The first-order chi connectivity index (χ1) is 7.65. The van der Waals surface area contributed by atoms with Crippen molar-refractivity contribution in [2.45, 2.75) is 33.7 Å². The van der Waals surface area contributed by atoms with Crippen molar-refractivity contribution in [1.82, 2.24) is 10.4 Å². The third-order valence-corrected chi connectivity index (χ3v) is 1.61. The fraction of sp³-hybridized carbons (Fsp3) is 0.455. The average Bonchev–Trinajstić information content (AvgIpc) is 2.29. The zero-order valence-corrected chi connectivity index (χ0v) is 10.1. The molecule has 0 saturated carbocycles. The molecule has 0 bridgehead atoms. The molecule has 90 valence electrons. The molecule has 1 aromatic rings. The van der Waals surface area contributed by atoms with Crippen LogP contribution in [0, 0.1) is 0 Å². The van der Waals surface area contributed by atoms with E-state index in [1.54, 1.807) is 6.07 Å². The normalized spacial score (nSPS) is 9.31. The molecule has 0 aliphatic carbocycles. The SMILES string of the molecule is CC.CC(C)NNc1cc[nH]c(=O)c1C=O. The Kier molecular flexibility index (Phi) is 6.87. The Morgan fingerprint density at radius 2 is 2.00 bits per heavy atom. The van der Waals surface area contributed by atoms with E-state index in [2.05, 4.69) is 15.8 Å². The minimum Gasteiger partial charge on any atom is -0.328 e. The van der Waals surface area contributed by atoms with Crippen molar-refractivity contribution in [3.05, 3.63) is 28.2 Å². The first kappa shape index (κ1) is 14.4. The molecule has 0 unspecified atom stereocenters. The van der Waals surface area contributed by atoms with Crippen LogP contribution in [0.15, 0.2) is 17.1 Å². The van der Waals surface area contributed by atoms with Gasteiger partial charge >= 0.3 is 0 Å². The van der Waals surface area contributed by atoms with Gasteiger partial charge in [-0.1, -0.05) is 13.8 Å². The van der Waals surface area contributed by atoms with Gasteiger partial charge in [0.05, 0.1) is 5.69 Å². The number of aldehydes is 1. The molecule has 3 N–H and O–H groups in total. The summed E-state index contributed by atoms with van der Waals surface area (Å²) in [5.74, 6) is 0. The van der Waals surface area contributed by atoms with Crippen LogP contribution in [0.2, 0.25) is 0 Å². The summed E-state index contributed by atoms with van der Waals surface area (Å²) < 4.78 is 0. The summed E-state index contributed by atoms with van der Waals surface area (Å²) in [4.78, 5) is 24.2. The molecule has 0 saturated heterocycles. The fourth-order valence-corrected chi connectivity index (χ4v) is 0.939. The molecule has 0 aliphatic rings. The van der Waals surface area contributed by atoms with Gasteiger partial charge in [0.2, 0.25) is 0 Å². The van der Waals surface area contributed by atoms with E-state index in [1.165, 1.54) is 6.20 Å². The Bertz CT molecular complexity index is 372. The molecule has 1 heterocycles. The third-order valence-electron chi connectivity index (χ3n) is 1.61. The minimum atomic E-state index is -0.393. The highest BCUT2D eigenvalue weighted by atomic mass is 16.1. The topological polar surface area (TPSA) is 74.0 Å². The molecule has 0 atom stereocenters. The van der Waals surface area contributed by atoms with Gasteiger partial charge in [-0.15, -0.1) is 0 Å². The molecule has 0 aliphatic heterocycles. The van der Waals surface area contributed by atoms with E-state index in [9.17, 15) is 9.59 Å². The van der Waals surface area contributed by atoms with Crippen molar-refractivity contribution in [2.75, 3.05) is 5.43 Å². The van der Waals surface area contributed by atoms with Crippen molar-refractivity contribution in [3.63, 3.8) is 0 Å². The first-order valence-corrected chi connectivity index (χ1v) is 5.33. The van der Waals surface area contributed by atoms with Crippen LogP contribution in [0.5, 0.6) is 0 Å². The highest BCUT2D eigenvalue weighted by Crippen LogP contribution is 2.05. The second-order valence-electron chi connectivity index (χ2n) is 3.18. The second-order valence-corrected chi connectivity index (χ2v) is 3.18. The summed E-state index contributed by atoms with van der Waals surface area (Å²) in [6.45, 7) is 7.89. The number of pyridine rings is 1. The van der Waals surface area contributed by atoms with E-state index in [0.29, 0.717) is 12.0 Å². The number of carbonyl (C=O) groups excluding carboxylic acids is 1. The standard InChI is InChI=1S/C9H13N3O2.C2H6/c1-6(2)11-12-8-3-4-10-9(14)7(8)5-13;1-2/h3-6,11H,1-2H3,(H2,10,12,14);1-2H3. The van der Waals surface area contributed by atoms with E-state index in [1.807, 2.05) is 27.7 Å². The number of nitrogens with one attached hydrogen (secondary N) is 3. The molecular formula is C11H19N3O2. The zero-order valence-electron chi connectivity index (χ0n) is 10.1. The maximum atomic E-state index is 11.2. The van der Waals surface area contributed by atoms with Crippen LogP contribution in [-0.4, -0.2) is 17.3 Å². The molecule has 0 radical (unpaired) electrons. The number of carbonyl (C=O) groups is 1. The van der Waals surface area contributed by atoms with Gasteiger partial charge in [-0.3, -0.25) is 9.59 Å². The Morgan fingerprint density at radius 3 is 2.50 bits per heavy atom. The molecule has 0 amide bonds. The predicted octanol–water partition coefficient (Wildman–Crippen LogP) is 1.54. The monoisotopic (exact) mass is 225 g/mol. The van der Waals surface area contributed by atoms with Gasteiger partial charge in [-0.2, -0.15) is 0 Å². The molecule has 0 spiro atoms. The summed E-state index contributed by atoms with van der Waals surface area (Å²) in [6.07, 6.45) is 2.02. The lowest BCUT2D eigenvalue weighted by Crippen LogP contribution is -2.30. The van der Waals surface area contributed by atoms with Gasteiger partial charge in [-0.05, 0) is 19.9 Å². The van der Waals surface area contributed by atoms with E-state index < -0.39 is 5.56 Å². The highest BCUT2D eigenvalue weighted by Gasteiger charge is 2.04. The Balaban J connectivity index is 0.00000106. The van der Waals surface area contributed by atoms with Gasteiger partial charge < -0.3 is 10.4 Å². The van der Waals surface area contributed by atoms with Gasteiger partial charge in [0.15, 0.2) is 6.29 Å². The van der Waals surface area contributed by atoms with E-state index in [4.69, 9.17) is 0 Å². The van der Waals surface area contributed by atoms with Crippen molar-refractivity contribution in [1.29, 1.82) is 0 Å². The number of hydrogen-bond acceptors (Lipinski definition) is 4. The van der Waals surface area contributed by atoms with E-state index >= 15 is 0 Å². The van der Waals surface area contributed by atoms with Gasteiger partial charge in [0.1, 0.15) is 5.56 Å². The summed E-state index contributed by atoms with van der Waals surface area (Å²) in [6, 6.07) is 1.84. The van der Waals surface area contributed by atoms with Crippen LogP contribution in [-0.2, 0) is 0 Å². The van der Waals surface area contributed by atoms with Gasteiger partial charge in [0, 0.05) is 12.2 Å². The average molecular weight is 225 g/mol. The number of anilines is 1. The van der Waals surface area contributed by atoms with Crippen molar-refractivity contribution in [3.8, 4) is 0 Å². The molecule has 5 nitrogen and oxygen atoms in total. The van der Waals surface area contributed by atoms with Crippen LogP contribution in [0.25, 0.3) is 0 Å². The number of hydrazine groups is 1. The molecular weight excluding hydrogens is 206 g/mol. The van der Waals surface area contributed by atoms with Crippen LogP contribution in [0.1, 0.15) is 38.1 Å². The third kappa shape index (κ3) is 4.27. The van der Waals surface area contributed by atoms with Crippen molar-refractivity contribution < 1.29 is 4.79 Å². The van der Waals surface area contributed by atoms with Crippen molar-refractivity contribution in [2.24, 2.45) is 0 Å². The van der Waals surface area contributed by atoms with E-state index in [-0.39, 0.29) is 11.6 Å². The molecule has 0 aromatic carbocycles. The fourth-order valence-electron chi connectivity index (χ4n) is 0.939. The Labute approximate surface area is 95.2 Å². The minimum absolute atomic E-state index is 0.0978. The second kappa shape index (κ2) is 7.64. The highest BCUT2D eigenvalue weighted by molar-refractivity contribution is 5.83. The molecule has 5 heteroatoms. The Hall–Kier alpha value is -1.62. The molecule has 0 fully saturated rings. The molecule has 1 aromatic heterocycles. The Morgan fingerprint density at radius 1 is 1.38 bits per heavy atom. The molecule has 16 heavy (non-hydrogen) atoms. The van der Waals surface area contributed by atoms with Gasteiger partial charge in [0.25, 0.3) is 5.56 Å². The van der Waals surface area contributed by atoms with E-state index in [0.717, 1.165) is 0 Å². The quantitative estimate of drug-likeness (QED) is 0.537. The number of hydrogen-bond donors (Lipinski definition) is 3. The summed E-state index contributed by atoms with van der Waals surface area (Å²) in [7, 11) is 0. The lowest BCUT2D eigenvalue weighted by atomic mass is 10.2. The molecule has 1 rings (SSSR count). The number of aromatic nitrogens is 1. The predicted molar refractivity (Wildman–Crippen MR) is 65.7 cm³/mol. The van der Waals surface area contributed by atoms with Crippen LogP contribution in [0.3, 0.4) is 0 Å². The lowest BCUT2D eigenvalue weighted by Gasteiger charge is -2.11. The van der Waals surface area contributed by atoms with Crippen LogP contribution in [0.4, 0.5) is 5.69 Å². The van der Waals surface area contributed by atoms with Crippen LogP contribution < -0.4 is 16.4 Å². The maximum absolute atomic E-state index is 11.2. The number of H-pyrrole nitrogens is 1. The number of aromatic amines is 1. The zero-order chi connectivity index (χ0) is 12.6. The largest absolute Gasteiger partial charge is 0.328 e. The van der Waals surface area contributed by atoms with Crippen molar-refractivity contribution >= 4 is 12.0 Å². The lowest BCUT2D eigenvalue weighted by molar-refractivity contribution is 0.112. The maximum Gasteiger partial charge on any atom is 0.260 e. The summed E-state index contributed by atoms with van der Waals surface area (Å²) in [5, 5.41) is 0. The number of rotatable bonds is 4. The summed E-state index contributed by atoms with van der Waals surface area (Å²) >= 11 is 0. The first-order valence-electron chi connectivity index (χ1n) is 5.33. The summed E-state index contributed by atoms with van der Waals surface area (Å²) in [5.41, 5.74) is 5.89. The van der Waals surface area contributed by atoms with Crippen LogP contribution >= 0.6 is 0 Å². The smallest absolute Gasteiger partial charge is 0.260 e.